The smallest absolute Gasteiger partial charge is 0.337 e. The topological polar surface area (TPSA) is 66.8 Å². The van der Waals surface area contributed by atoms with Crippen molar-refractivity contribution in [3.63, 3.8) is 0 Å². The Kier molecular flexibility index (Phi) is 3.50. The Morgan fingerprint density at radius 2 is 1.95 bits per heavy atom. The normalized spacial score (nSPS) is 10.7. The van der Waals surface area contributed by atoms with E-state index in [1.165, 1.54) is 11.3 Å². The number of carboxylic acid groups (broad SMARTS) is 1. The summed E-state index contributed by atoms with van der Waals surface area (Å²) in [6.45, 7) is 0.288. The first-order valence-corrected chi connectivity index (χ1v) is 7.12. The molecule has 3 rings (SSSR count). The first-order chi connectivity index (χ1) is 10.1. The lowest BCUT2D eigenvalue weighted by atomic mass is 10.1. The predicted octanol–water partition coefficient (Wildman–Crippen LogP) is 3.88. The summed E-state index contributed by atoms with van der Waals surface area (Å²) < 4.78 is 6.30. The summed E-state index contributed by atoms with van der Waals surface area (Å²) in [5, 5.41) is 19.7. The Balaban J connectivity index is 1.87. The van der Waals surface area contributed by atoms with Crippen LogP contribution in [-0.4, -0.2) is 16.2 Å². The van der Waals surface area contributed by atoms with Crippen LogP contribution in [0.3, 0.4) is 0 Å². The number of aromatic hydroxyl groups is 1. The van der Waals surface area contributed by atoms with Gasteiger partial charge >= 0.3 is 5.97 Å². The molecule has 0 radical (unpaired) electrons. The molecular weight excluding hydrogens is 288 g/mol. The van der Waals surface area contributed by atoms with Gasteiger partial charge in [-0.1, -0.05) is 24.3 Å². The van der Waals surface area contributed by atoms with Gasteiger partial charge in [0, 0.05) is 9.58 Å². The second-order valence-corrected chi connectivity index (χ2v) is 5.63. The van der Waals surface area contributed by atoms with Crippen molar-refractivity contribution in [2.75, 3.05) is 0 Å². The Bertz CT molecular complexity index is 807. The number of phenols is 1. The van der Waals surface area contributed by atoms with Gasteiger partial charge in [-0.05, 0) is 29.7 Å². The van der Waals surface area contributed by atoms with E-state index in [0.29, 0.717) is 11.3 Å². The zero-order valence-corrected chi connectivity index (χ0v) is 11.8. The maximum Gasteiger partial charge on any atom is 0.337 e. The summed E-state index contributed by atoms with van der Waals surface area (Å²) in [6, 6.07) is 13.9. The number of rotatable bonds is 4. The van der Waals surface area contributed by atoms with Crippen molar-refractivity contribution in [1.29, 1.82) is 0 Å². The highest BCUT2D eigenvalue weighted by molar-refractivity contribution is 7.19. The molecule has 0 aliphatic carbocycles. The van der Waals surface area contributed by atoms with Gasteiger partial charge in [-0.15, -0.1) is 11.3 Å². The Morgan fingerprint density at radius 1 is 1.14 bits per heavy atom. The number of hydrogen-bond donors (Lipinski definition) is 2. The Labute approximate surface area is 124 Å². The van der Waals surface area contributed by atoms with Crippen molar-refractivity contribution < 1.29 is 19.7 Å². The van der Waals surface area contributed by atoms with E-state index in [4.69, 9.17) is 4.74 Å². The number of ether oxygens (including phenoxy) is 1. The van der Waals surface area contributed by atoms with Crippen LogP contribution in [0.5, 0.6) is 11.5 Å². The van der Waals surface area contributed by atoms with Gasteiger partial charge in [0.25, 0.3) is 0 Å². The molecule has 0 spiro atoms. The number of para-hydroxylation sites is 2. The van der Waals surface area contributed by atoms with Crippen molar-refractivity contribution in [3.05, 3.63) is 59.0 Å². The lowest BCUT2D eigenvalue weighted by molar-refractivity contribution is 0.0699. The van der Waals surface area contributed by atoms with Gasteiger partial charge in [0.05, 0.1) is 5.56 Å². The highest BCUT2D eigenvalue weighted by atomic mass is 32.1. The zero-order valence-electron chi connectivity index (χ0n) is 10.9. The van der Waals surface area contributed by atoms with Crippen molar-refractivity contribution in [2.45, 2.75) is 6.61 Å². The lowest BCUT2D eigenvalue weighted by Crippen LogP contribution is -1.95. The second kappa shape index (κ2) is 5.46. The quantitative estimate of drug-likeness (QED) is 0.767. The Morgan fingerprint density at radius 3 is 2.71 bits per heavy atom. The third-order valence-electron chi connectivity index (χ3n) is 3.06. The van der Waals surface area contributed by atoms with Crippen LogP contribution in [0.4, 0.5) is 0 Å². The molecule has 0 unspecified atom stereocenters. The Hall–Kier alpha value is -2.53. The molecule has 5 heteroatoms. The lowest BCUT2D eigenvalue weighted by Gasteiger charge is -2.05. The molecule has 0 aliphatic rings. The van der Waals surface area contributed by atoms with E-state index in [-0.39, 0.29) is 12.4 Å². The monoisotopic (exact) mass is 300 g/mol. The largest absolute Gasteiger partial charge is 0.504 e. The molecule has 2 N–H and O–H groups in total. The summed E-state index contributed by atoms with van der Waals surface area (Å²) in [6.07, 6.45) is 0. The maximum atomic E-state index is 11.2. The molecule has 3 aromatic rings. The maximum absolute atomic E-state index is 11.2. The first-order valence-electron chi connectivity index (χ1n) is 6.30. The highest BCUT2D eigenvalue weighted by Gasteiger charge is 2.12. The first kappa shape index (κ1) is 13.5. The van der Waals surface area contributed by atoms with E-state index in [0.717, 1.165) is 15.0 Å². The van der Waals surface area contributed by atoms with Crippen molar-refractivity contribution in [1.82, 2.24) is 0 Å². The number of fused-ring (bicyclic) bond motifs is 1. The molecule has 0 atom stereocenters. The van der Waals surface area contributed by atoms with Crippen molar-refractivity contribution in [3.8, 4) is 11.5 Å². The summed E-state index contributed by atoms with van der Waals surface area (Å²) >= 11 is 1.39. The van der Waals surface area contributed by atoms with E-state index in [1.807, 2.05) is 12.1 Å². The van der Waals surface area contributed by atoms with Crippen LogP contribution in [0.25, 0.3) is 10.1 Å². The van der Waals surface area contributed by atoms with E-state index in [9.17, 15) is 15.0 Å². The van der Waals surface area contributed by atoms with Gasteiger partial charge in [0.2, 0.25) is 0 Å². The number of carbonyl (C=O) groups is 1. The zero-order chi connectivity index (χ0) is 14.8. The van der Waals surface area contributed by atoms with Crippen LogP contribution in [0.15, 0.2) is 48.5 Å². The summed E-state index contributed by atoms with van der Waals surface area (Å²) in [5.41, 5.74) is 0.298. The van der Waals surface area contributed by atoms with Gasteiger partial charge in [-0.25, -0.2) is 4.79 Å². The standard InChI is InChI=1S/C16H12O4S/c17-13-6-1-2-7-14(13)20-9-11-8-10-4-3-5-12(16(18)19)15(10)21-11/h1-8,17H,9H2,(H,18,19). The minimum atomic E-state index is -0.935. The number of phenolic OH excluding ortho intramolecular Hbond substituents is 1. The van der Waals surface area contributed by atoms with E-state index in [1.54, 1.807) is 36.4 Å². The number of aromatic carboxylic acids is 1. The van der Waals surface area contributed by atoms with Crippen molar-refractivity contribution in [2.24, 2.45) is 0 Å². The molecule has 1 aromatic heterocycles. The van der Waals surface area contributed by atoms with Crippen LogP contribution in [0.1, 0.15) is 15.2 Å². The van der Waals surface area contributed by atoms with Crippen LogP contribution < -0.4 is 4.74 Å². The van der Waals surface area contributed by atoms with E-state index >= 15 is 0 Å². The molecule has 21 heavy (non-hydrogen) atoms. The molecule has 2 aromatic carbocycles. The summed E-state index contributed by atoms with van der Waals surface area (Å²) in [4.78, 5) is 12.1. The van der Waals surface area contributed by atoms with Crippen LogP contribution in [0.2, 0.25) is 0 Å². The van der Waals surface area contributed by atoms with Crippen LogP contribution >= 0.6 is 11.3 Å². The molecule has 0 saturated heterocycles. The minimum absolute atomic E-state index is 0.0878. The van der Waals surface area contributed by atoms with Gasteiger partial charge in [-0.2, -0.15) is 0 Å². The fourth-order valence-electron chi connectivity index (χ4n) is 2.08. The second-order valence-electron chi connectivity index (χ2n) is 4.50. The van der Waals surface area contributed by atoms with Crippen LogP contribution in [0, 0.1) is 0 Å². The molecular formula is C16H12O4S. The third-order valence-corrected chi connectivity index (χ3v) is 4.22. The van der Waals surface area contributed by atoms with Gasteiger partial charge in [0.1, 0.15) is 6.61 Å². The fraction of sp³-hybridized carbons (Fsp3) is 0.0625. The molecule has 0 amide bonds. The number of carboxylic acids is 1. The average molecular weight is 300 g/mol. The number of benzene rings is 2. The molecule has 0 bridgehead atoms. The summed E-state index contributed by atoms with van der Waals surface area (Å²) in [7, 11) is 0. The highest BCUT2D eigenvalue weighted by Crippen LogP contribution is 2.31. The van der Waals surface area contributed by atoms with Gasteiger partial charge in [0.15, 0.2) is 11.5 Å². The molecule has 0 aliphatic heterocycles. The van der Waals surface area contributed by atoms with Gasteiger partial charge < -0.3 is 14.9 Å². The fourth-order valence-corrected chi connectivity index (χ4v) is 3.16. The van der Waals surface area contributed by atoms with Crippen LogP contribution in [-0.2, 0) is 6.61 Å². The number of hydrogen-bond acceptors (Lipinski definition) is 4. The van der Waals surface area contributed by atoms with Crippen molar-refractivity contribution >= 4 is 27.4 Å². The summed E-state index contributed by atoms with van der Waals surface area (Å²) in [5.74, 6) is -0.436. The third kappa shape index (κ3) is 2.68. The molecule has 0 fully saturated rings. The predicted molar refractivity (Wildman–Crippen MR) is 81.2 cm³/mol. The average Bonchev–Trinajstić information content (AvgIpc) is 2.88. The number of thiophene rings is 1. The van der Waals surface area contributed by atoms with Gasteiger partial charge in [-0.3, -0.25) is 0 Å². The molecule has 0 saturated carbocycles. The molecule has 106 valence electrons. The minimum Gasteiger partial charge on any atom is -0.504 e. The molecule has 4 nitrogen and oxygen atoms in total. The van der Waals surface area contributed by atoms with E-state index < -0.39 is 5.97 Å². The SMILES string of the molecule is O=C(O)c1cccc2cc(COc3ccccc3O)sc12. The van der Waals surface area contributed by atoms with E-state index in [2.05, 4.69) is 0 Å². The molecule has 1 heterocycles.